The zero-order valence-electron chi connectivity index (χ0n) is 10.9. The Kier molecular flexibility index (Phi) is 5.85. The maximum absolute atomic E-state index is 11.7. The van der Waals surface area contributed by atoms with E-state index >= 15 is 0 Å². The summed E-state index contributed by atoms with van der Waals surface area (Å²) in [5.74, 6) is 0.655. The summed E-state index contributed by atoms with van der Waals surface area (Å²) in [7, 11) is -1.08. The Morgan fingerprint density at radius 2 is 2.00 bits per heavy atom. The molecule has 0 aromatic carbocycles. The number of sulfonamides is 1. The second kappa shape index (κ2) is 6.68. The fraction of sp³-hybridized carbons (Fsp3) is 1.00. The van der Waals surface area contributed by atoms with E-state index in [0.29, 0.717) is 12.5 Å². The zero-order valence-corrected chi connectivity index (χ0v) is 11.7. The van der Waals surface area contributed by atoms with Gasteiger partial charge in [0.15, 0.2) is 0 Å². The summed E-state index contributed by atoms with van der Waals surface area (Å²) in [6.07, 6.45) is 3.28. The van der Waals surface area contributed by atoms with Gasteiger partial charge in [0.25, 0.3) is 0 Å². The van der Waals surface area contributed by atoms with Crippen LogP contribution in [0.1, 0.15) is 26.2 Å². The van der Waals surface area contributed by atoms with Crippen LogP contribution in [0.5, 0.6) is 0 Å². The quantitative estimate of drug-likeness (QED) is 0.706. The average molecular weight is 263 g/mol. The molecule has 0 aromatic heterocycles. The predicted octanol–water partition coefficient (Wildman–Crippen LogP) is -0.0151. The third-order valence-corrected chi connectivity index (χ3v) is 5.41. The van der Waals surface area contributed by atoms with Gasteiger partial charge >= 0.3 is 0 Å². The van der Waals surface area contributed by atoms with Crippen LogP contribution < -0.4 is 10.5 Å². The van der Waals surface area contributed by atoms with Gasteiger partial charge in [-0.1, -0.05) is 0 Å². The summed E-state index contributed by atoms with van der Waals surface area (Å²) in [6.45, 7) is 4.59. The number of rotatable bonds is 6. The van der Waals surface area contributed by atoms with Crippen LogP contribution in [0.25, 0.3) is 0 Å². The molecule has 0 aliphatic carbocycles. The van der Waals surface area contributed by atoms with Crippen molar-refractivity contribution in [1.82, 2.24) is 9.62 Å². The van der Waals surface area contributed by atoms with E-state index in [1.807, 2.05) is 0 Å². The Hall–Kier alpha value is -0.170. The maximum Gasteiger partial charge on any atom is 0.215 e. The second-order valence-corrected chi connectivity index (χ2v) is 7.20. The molecule has 0 bridgehead atoms. The van der Waals surface area contributed by atoms with Crippen molar-refractivity contribution in [3.8, 4) is 0 Å². The molecular formula is C11H25N3O2S. The van der Waals surface area contributed by atoms with Gasteiger partial charge in [0.05, 0.1) is 5.25 Å². The number of likely N-dealkylation sites (tertiary alicyclic amines) is 1. The maximum atomic E-state index is 11.7. The topological polar surface area (TPSA) is 75.4 Å². The zero-order chi connectivity index (χ0) is 12.9. The molecule has 102 valence electrons. The molecule has 1 rings (SSSR count). The van der Waals surface area contributed by atoms with Gasteiger partial charge in [0.1, 0.15) is 0 Å². The highest BCUT2D eigenvalue weighted by atomic mass is 32.2. The van der Waals surface area contributed by atoms with E-state index in [-0.39, 0.29) is 6.54 Å². The highest BCUT2D eigenvalue weighted by molar-refractivity contribution is 7.90. The first kappa shape index (κ1) is 14.9. The van der Waals surface area contributed by atoms with Gasteiger partial charge in [0, 0.05) is 13.1 Å². The van der Waals surface area contributed by atoms with Crippen LogP contribution in [0, 0.1) is 5.92 Å². The third kappa shape index (κ3) is 4.91. The fourth-order valence-corrected chi connectivity index (χ4v) is 2.97. The highest BCUT2D eigenvalue weighted by Gasteiger charge is 2.20. The average Bonchev–Trinajstić information content (AvgIpc) is 2.30. The van der Waals surface area contributed by atoms with Gasteiger partial charge < -0.3 is 10.6 Å². The molecule has 1 heterocycles. The van der Waals surface area contributed by atoms with Crippen LogP contribution in [0.15, 0.2) is 0 Å². The van der Waals surface area contributed by atoms with Crippen LogP contribution in [0.3, 0.4) is 0 Å². The Labute approximate surface area is 105 Å². The molecule has 3 N–H and O–H groups in total. The number of hydrogen-bond acceptors (Lipinski definition) is 4. The lowest BCUT2D eigenvalue weighted by Crippen LogP contribution is -2.38. The molecule has 0 aromatic rings. The lowest BCUT2D eigenvalue weighted by atomic mass is 9.94. The van der Waals surface area contributed by atoms with E-state index in [1.165, 1.54) is 12.8 Å². The van der Waals surface area contributed by atoms with Crippen molar-refractivity contribution in [1.29, 1.82) is 0 Å². The Morgan fingerprint density at radius 3 is 2.53 bits per heavy atom. The molecule has 1 aliphatic heterocycles. The Bertz CT molecular complexity index is 311. The first-order valence-corrected chi connectivity index (χ1v) is 7.87. The van der Waals surface area contributed by atoms with Gasteiger partial charge in [-0.15, -0.1) is 0 Å². The minimum Gasteiger partial charge on any atom is -0.329 e. The van der Waals surface area contributed by atoms with Crippen molar-refractivity contribution in [3.05, 3.63) is 0 Å². The van der Waals surface area contributed by atoms with E-state index in [0.717, 1.165) is 19.5 Å². The van der Waals surface area contributed by atoms with Crippen LogP contribution in [0.2, 0.25) is 0 Å². The Balaban J connectivity index is 2.24. The molecule has 0 spiro atoms. The smallest absolute Gasteiger partial charge is 0.215 e. The second-order valence-electron chi connectivity index (χ2n) is 5.02. The first-order valence-electron chi connectivity index (χ1n) is 6.32. The summed E-state index contributed by atoms with van der Waals surface area (Å²) in [4.78, 5) is 2.32. The lowest BCUT2D eigenvalue weighted by Gasteiger charge is -2.28. The van der Waals surface area contributed by atoms with Crippen LogP contribution in [-0.4, -0.2) is 51.8 Å². The first-order chi connectivity index (χ1) is 7.95. The highest BCUT2D eigenvalue weighted by Crippen LogP contribution is 2.18. The SMILES string of the molecule is CC(CN)S(=O)(=O)NCCC1CCN(C)CC1. The van der Waals surface area contributed by atoms with Gasteiger partial charge in [-0.05, 0) is 52.2 Å². The van der Waals surface area contributed by atoms with Crippen LogP contribution >= 0.6 is 0 Å². The minimum atomic E-state index is -3.21. The largest absolute Gasteiger partial charge is 0.329 e. The van der Waals surface area contributed by atoms with Crippen molar-refractivity contribution in [2.75, 3.05) is 33.2 Å². The number of nitrogens with zero attached hydrogens (tertiary/aromatic N) is 1. The monoisotopic (exact) mass is 263 g/mol. The van der Waals surface area contributed by atoms with Crippen molar-refractivity contribution in [2.24, 2.45) is 11.7 Å². The summed E-state index contributed by atoms with van der Waals surface area (Å²) in [6, 6.07) is 0. The van der Waals surface area contributed by atoms with E-state index < -0.39 is 15.3 Å². The molecule has 1 aliphatic rings. The molecule has 0 saturated carbocycles. The van der Waals surface area contributed by atoms with E-state index in [1.54, 1.807) is 6.92 Å². The van der Waals surface area contributed by atoms with Gasteiger partial charge in [0.2, 0.25) is 10.0 Å². The molecule has 17 heavy (non-hydrogen) atoms. The van der Waals surface area contributed by atoms with Crippen LogP contribution in [-0.2, 0) is 10.0 Å². The van der Waals surface area contributed by atoms with Gasteiger partial charge in [-0.2, -0.15) is 0 Å². The standard InChI is InChI=1S/C11H25N3O2S/c1-10(9-12)17(15,16)13-6-3-11-4-7-14(2)8-5-11/h10-11,13H,3-9,12H2,1-2H3. The molecule has 5 nitrogen and oxygen atoms in total. The molecular weight excluding hydrogens is 238 g/mol. The van der Waals surface area contributed by atoms with Crippen molar-refractivity contribution < 1.29 is 8.42 Å². The van der Waals surface area contributed by atoms with Gasteiger partial charge in [-0.25, -0.2) is 13.1 Å². The predicted molar refractivity (Wildman–Crippen MR) is 70.3 cm³/mol. The summed E-state index contributed by atoms with van der Waals surface area (Å²) in [5, 5.41) is -0.500. The molecule has 1 atom stereocenters. The summed E-state index contributed by atoms with van der Waals surface area (Å²) in [5.41, 5.74) is 5.36. The third-order valence-electron chi connectivity index (χ3n) is 3.56. The molecule has 6 heteroatoms. The summed E-state index contributed by atoms with van der Waals surface area (Å²) < 4.78 is 26.0. The Morgan fingerprint density at radius 1 is 1.41 bits per heavy atom. The summed E-state index contributed by atoms with van der Waals surface area (Å²) >= 11 is 0. The number of piperidine rings is 1. The van der Waals surface area contributed by atoms with Crippen molar-refractivity contribution in [2.45, 2.75) is 31.4 Å². The number of nitrogens with one attached hydrogen (secondary N) is 1. The van der Waals surface area contributed by atoms with Crippen molar-refractivity contribution >= 4 is 10.0 Å². The number of nitrogens with two attached hydrogens (primary N) is 1. The van der Waals surface area contributed by atoms with Crippen LogP contribution in [0.4, 0.5) is 0 Å². The normalized spacial score (nSPS) is 21.6. The molecule has 1 unspecified atom stereocenters. The number of hydrogen-bond donors (Lipinski definition) is 2. The van der Waals surface area contributed by atoms with E-state index in [9.17, 15) is 8.42 Å². The van der Waals surface area contributed by atoms with E-state index in [4.69, 9.17) is 5.73 Å². The van der Waals surface area contributed by atoms with Gasteiger partial charge in [-0.3, -0.25) is 0 Å². The molecule has 0 amide bonds. The molecule has 0 radical (unpaired) electrons. The lowest BCUT2D eigenvalue weighted by molar-refractivity contribution is 0.213. The minimum absolute atomic E-state index is 0.170. The molecule has 1 saturated heterocycles. The fourth-order valence-electron chi connectivity index (χ4n) is 2.02. The van der Waals surface area contributed by atoms with Crippen molar-refractivity contribution in [3.63, 3.8) is 0 Å². The van der Waals surface area contributed by atoms with E-state index in [2.05, 4.69) is 16.7 Å². The molecule has 1 fully saturated rings.